The van der Waals surface area contributed by atoms with Gasteiger partial charge in [0.15, 0.2) is 5.75 Å². The van der Waals surface area contributed by atoms with Crippen molar-refractivity contribution in [3.05, 3.63) is 96.2 Å². The maximum atomic E-state index is 12.5. The average Bonchev–Trinajstić information content (AvgIpc) is 2.76. The molecule has 0 bridgehead atoms. The first-order valence-corrected chi connectivity index (χ1v) is 9.38. The molecule has 0 saturated heterocycles. The van der Waals surface area contributed by atoms with E-state index in [1.807, 2.05) is 60.7 Å². The van der Waals surface area contributed by atoms with Crippen molar-refractivity contribution in [2.75, 3.05) is 6.54 Å². The number of aromatic hydroxyl groups is 1. The number of ether oxygens (including phenoxy) is 1. The first-order chi connectivity index (χ1) is 14.2. The lowest BCUT2D eigenvalue weighted by atomic mass is 10.1. The van der Waals surface area contributed by atoms with Gasteiger partial charge in [-0.3, -0.25) is 9.78 Å². The van der Waals surface area contributed by atoms with Crippen LogP contribution in [-0.4, -0.2) is 22.5 Å². The Morgan fingerprint density at radius 1 is 0.931 bits per heavy atom. The van der Waals surface area contributed by atoms with Crippen LogP contribution in [0.25, 0.3) is 10.9 Å². The van der Waals surface area contributed by atoms with Crippen molar-refractivity contribution in [1.82, 2.24) is 10.3 Å². The second-order valence-corrected chi connectivity index (χ2v) is 6.57. The van der Waals surface area contributed by atoms with Gasteiger partial charge in [-0.15, -0.1) is 0 Å². The Hall–Kier alpha value is -3.86. The predicted molar refractivity (Wildman–Crippen MR) is 112 cm³/mol. The van der Waals surface area contributed by atoms with Crippen LogP contribution in [0.5, 0.6) is 17.2 Å². The molecule has 5 nitrogen and oxygen atoms in total. The van der Waals surface area contributed by atoms with E-state index in [1.54, 1.807) is 24.4 Å². The largest absolute Gasteiger partial charge is 0.505 e. The molecule has 0 aliphatic heterocycles. The number of carbonyl (C=O) groups is 1. The molecule has 0 aliphatic rings. The summed E-state index contributed by atoms with van der Waals surface area (Å²) in [5.41, 5.74) is 1.62. The highest BCUT2D eigenvalue weighted by Crippen LogP contribution is 2.27. The lowest BCUT2D eigenvalue weighted by molar-refractivity contribution is 0.0951. The number of para-hydroxylation sites is 2. The Balaban J connectivity index is 1.43. The van der Waals surface area contributed by atoms with Crippen molar-refractivity contribution < 1.29 is 14.6 Å². The molecule has 0 fully saturated rings. The summed E-state index contributed by atoms with van der Waals surface area (Å²) >= 11 is 0. The average molecular weight is 384 g/mol. The number of aromatic nitrogens is 1. The molecular weight excluding hydrogens is 364 g/mol. The number of phenolic OH excluding ortho intramolecular Hbond substituents is 1. The van der Waals surface area contributed by atoms with Gasteiger partial charge in [-0.05, 0) is 42.3 Å². The van der Waals surface area contributed by atoms with Gasteiger partial charge in [0.2, 0.25) is 0 Å². The first-order valence-electron chi connectivity index (χ1n) is 9.38. The summed E-state index contributed by atoms with van der Waals surface area (Å²) < 4.78 is 5.96. The highest BCUT2D eigenvalue weighted by Gasteiger charge is 2.14. The van der Waals surface area contributed by atoms with Gasteiger partial charge < -0.3 is 15.2 Å². The van der Waals surface area contributed by atoms with Crippen LogP contribution in [0.15, 0.2) is 85.1 Å². The van der Waals surface area contributed by atoms with Gasteiger partial charge in [0.05, 0.1) is 5.56 Å². The third-order valence-corrected chi connectivity index (χ3v) is 4.62. The van der Waals surface area contributed by atoms with E-state index < -0.39 is 0 Å². The highest BCUT2D eigenvalue weighted by molar-refractivity contribution is 6.02. The predicted octanol–water partition coefficient (Wildman–Crippen LogP) is 4.71. The fraction of sp³-hybridized carbons (Fsp3) is 0.0833. The highest BCUT2D eigenvalue weighted by atomic mass is 16.5. The second-order valence-electron chi connectivity index (χ2n) is 6.57. The standard InChI is InChI=1S/C24H20N2O3/c27-23-20(13-12-18-8-6-15-25-22(18)23)24(28)26-16-14-17-7-4-5-11-21(17)29-19-9-2-1-3-10-19/h1-13,15,27H,14,16H2,(H,26,28). The Labute approximate surface area is 168 Å². The zero-order valence-corrected chi connectivity index (χ0v) is 15.7. The van der Waals surface area contributed by atoms with Gasteiger partial charge in [0, 0.05) is 18.1 Å². The lowest BCUT2D eigenvalue weighted by Crippen LogP contribution is -2.25. The van der Waals surface area contributed by atoms with Crippen molar-refractivity contribution in [3.8, 4) is 17.2 Å². The SMILES string of the molecule is O=C(NCCc1ccccc1Oc1ccccc1)c1ccc2cccnc2c1O. The number of benzene rings is 3. The minimum Gasteiger partial charge on any atom is -0.505 e. The fourth-order valence-electron chi connectivity index (χ4n) is 3.14. The van der Waals surface area contributed by atoms with E-state index >= 15 is 0 Å². The van der Waals surface area contributed by atoms with Crippen LogP contribution in [0.3, 0.4) is 0 Å². The molecular formula is C24H20N2O3. The molecule has 144 valence electrons. The van der Waals surface area contributed by atoms with E-state index in [4.69, 9.17) is 4.74 Å². The molecule has 1 heterocycles. The number of nitrogens with one attached hydrogen (secondary N) is 1. The molecule has 3 aromatic carbocycles. The van der Waals surface area contributed by atoms with Crippen molar-refractivity contribution in [3.63, 3.8) is 0 Å². The molecule has 2 N–H and O–H groups in total. The number of phenols is 1. The molecule has 29 heavy (non-hydrogen) atoms. The fourth-order valence-corrected chi connectivity index (χ4v) is 3.14. The number of nitrogens with zero attached hydrogens (tertiary/aromatic N) is 1. The Morgan fingerprint density at radius 3 is 2.59 bits per heavy atom. The van der Waals surface area contributed by atoms with Crippen LogP contribution in [0, 0.1) is 0 Å². The molecule has 4 rings (SSSR count). The van der Waals surface area contributed by atoms with Crippen LogP contribution < -0.4 is 10.1 Å². The number of hydrogen-bond donors (Lipinski definition) is 2. The number of rotatable bonds is 6. The van der Waals surface area contributed by atoms with Gasteiger partial charge in [-0.1, -0.05) is 48.5 Å². The van der Waals surface area contributed by atoms with E-state index in [-0.39, 0.29) is 17.2 Å². The summed E-state index contributed by atoms with van der Waals surface area (Å²) in [6, 6.07) is 24.3. The van der Waals surface area contributed by atoms with E-state index in [9.17, 15) is 9.90 Å². The molecule has 0 aliphatic carbocycles. The molecule has 0 unspecified atom stereocenters. The van der Waals surface area contributed by atoms with Gasteiger partial charge in [0.25, 0.3) is 5.91 Å². The molecule has 5 heteroatoms. The minimum atomic E-state index is -0.337. The number of hydrogen-bond acceptors (Lipinski definition) is 4. The van der Waals surface area contributed by atoms with Crippen LogP contribution in [0.1, 0.15) is 15.9 Å². The molecule has 1 amide bonds. The quantitative estimate of drug-likeness (QED) is 0.505. The Bertz CT molecular complexity index is 1140. The molecule has 0 saturated carbocycles. The zero-order chi connectivity index (χ0) is 20.1. The Kier molecular flexibility index (Phi) is 5.38. The summed E-state index contributed by atoms with van der Waals surface area (Å²) in [6.07, 6.45) is 2.19. The zero-order valence-electron chi connectivity index (χ0n) is 15.7. The molecule has 0 atom stereocenters. The Morgan fingerprint density at radius 2 is 1.72 bits per heavy atom. The minimum absolute atomic E-state index is 0.103. The number of pyridine rings is 1. The van der Waals surface area contributed by atoms with E-state index in [0.29, 0.717) is 18.5 Å². The van der Waals surface area contributed by atoms with Gasteiger partial charge in [-0.2, -0.15) is 0 Å². The normalized spacial score (nSPS) is 10.6. The molecule has 0 spiro atoms. The topological polar surface area (TPSA) is 71.5 Å². The third-order valence-electron chi connectivity index (χ3n) is 4.62. The number of carbonyl (C=O) groups excluding carboxylic acids is 1. The summed E-state index contributed by atoms with van der Waals surface area (Å²) in [4.78, 5) is 16.7. The van der Waals surface area contributed by atoms with Crippen molar-refractivity contribution in [1.29, 1.82) is 0 Å². The van der Waals surface area contributed by atoms with Gasteiger partial charge in [-0.25, -0.2) is 0 Å². The van der Waals surface area contributed by atoms with Crippen molar-refractivity contribution in [2.45, 2.75) is 6.42 Å². The van der Waals surface area contributed by atoms with Crippen LogP contribution in [-0.2, 0) is 6.42 Å². The van der Waals surface area contributed by atoms with E-state index in [1.165, 1.54) is 0 Å². The van der Waals surface area contributed by atoms with Crippen LogP contribution in [0.2, 0.25) is 0 Å². The molecule has 0 radical (unpaired) electrons. The van der Waals surface area contributed by atoms with Crippen LogP contribution >= 0.6 is 0 Å². The maximum absolute atomic E-state index is 12.5. The third kappa shape index (κ3) is 4.19. The summed E-state index contributed by atoms with van der Waals surface area (Å²) in [6.45, 7) is 0.410. The smallest absolute Gasteiger partial charge is 0.255 e. The van der Waals surface area contributed by atoms with Crippen molar-refractivity contribution >= 4 is 16.8 Å². The van der Waals surface area contributed by atoms with Crippen LogP contribution in [0.4, 0.5) is 0 Å². The first kappa shape index (κ1) is 18.5. The number of fused-ring (bicyclic) bond motifs is 1. The summed E-state index contributed by atoms with van der Waals surface area (Å²) in [5.74, 6) is 1.08. The van der Waals surface area contributed by atoms with E-state index in [2.05, 4.69) is 10.3 Å². The van der Waals surface area contributed by atoms with Gasteiger partial charge in [0.1, 0.15) is 17.0 Å². The number of amides is 1. The lowest BCUT2D eigenvalue weighted by Gasteiger charge is -2.12. The maximum Gasteiger partial charge on any atom is 0.255 e. The second kappa shape index (κ2) is 8.44. The monoisotopic (exact) mass is 384 g/mol. The molecule has 1 aromatic heterocycles. The molecule has 4 aromatic rings. The van der Waals surface area contributed by atoms with Gasteiger partial charge >= 0.3 is 0 Å². The summed E-state index contributed by atoms with van der Waals surface area (Å²) in [7, 11) is 0. The van der Waals surface area contributed by atoms with E-state index in [0.717, 1.165) is 22.4 Å². The summed E-state index contributed by atoms with van der Waals surface area (Å²) in [5, 5.41) is 14.0. The van der Waals surface area contributed by atoms with Crippen molar-refractivity contribution in [2.24, 2.45) is 0 Å².